The molecule has 0 bridgehead atoms. The minimum absolute atomic E-state index is 0.0530. The number of non-ortho nitro benzene ring substituents is 1. The summed E-state index contributed by atoms with van der Waals surface area (Å²) in [5.74, 6) is -2.11. The molecule has 120 valence electrons. The predicted octanol–water partition coefficient (Wildman–Crippen LogP) is 1.82. The largest absolute Gasteiger partial charge is 0.545 e. The van der Waals surface area contributed by atoms with Gasteiger partial charge in [-0.25, -0.2) is 4.98 Å². The number of hydrogen-bond donors (Lipinski definition) is 1. The number of nitro benzene ring substituents is 1. The number of amides is 1. The van der Waals surface area contributed by atoms with Crippen molar-refractivity contribution in [3.05, 3.63) is 63.7 Å². The number of aromatic nitrogens is 1. The van der Waals surface area contributed by atoms with Crippen molar-refractivity contribution >= 4 is 44.2 Å². The maximum atomic E-state index is 12.2. The monoisotopic (exact) mass is 342 g/mol. The lowest BCUT2D eigenvalue weighted by Gasteiger charge is -2.08. The van der Waals surface area contributed by atoms with Gasteiger partial charge in [-0.1, -0.05) is 29.5 Å². The molecule has 24 heavy (non-hydrogen) atoms. The Morgan fingerprint density at radius 3 is 2.50 bits per heavy atom. The van der Waals surface area contributed by atoms with Crippen molar-refractivity contribution in [1.82, 2.24) is 4.98 Å². The third-order valence-corrected chi connectivity index (χ3v) is 4.13. The van der Waals surface area contributed by atoms with Crippen molar-refractivity contribution in [2.75, 3.05) is 5.32 Å². The molecule has 1 N–H and O–H groups in total. The topological polar surface area (TPSA) is 125 Å². The third kappa shape index (κ3) is 2.92. The Kier molecular flexibility index (Phi) is 3.92. The smallest absolute Gasteiger partial charge is 0.270 e. The number of carbonyl (C=O) groups excluding carboxylic acids is 2. The Labute approximate surface area is 138 Å². The van der Waals surface area contributed by atoms with E-state index in [2.05, 4.69) is 10.3 Å². The van der Waals surface area contributed by atoms with E-state index in [1.807, 2.05) is 0 Å². The Bertz CT molecular complexity index is 982. The van der Waals surface area contributed by atoms with Gasteiger partial charge < -0.3 is 9.90 Å². The normalized spacial score (nSPS) is 10.5. The third-order valence-electron chi connectivity index (χ3n) is 3.19. The van der Waals surface area contributed by atoms with E-state index in [0.29, 0.717) is 10.2 Å². The number of nitrogens with one attached hydrogen (secondary N) is 1. The summed E-state index contributed by atoms with van der Waals surface area (Å²) < 4.78 is 0.535. The first-order chi connectivity index (χ1) is 11.5. The van der Waals surface area contributed by atoms with Crippen LogP contribution in [-0.4, -0.2) is 21.8 Å². The lowest BCUT2D eigenvalue weighted by molar-refractivity contribution is -0.384. The Hall–Kier alpha value is -3.33. The number of rotatable bonds is 4. The van der Waals surface area contributed by atoms with E-state index in [9.17, 15) is 24.8 Å². The highest BCUT2D eigenvalue weighted by atomic mass is 32.1. The molecule has 0 radical (unpaired) electrons. The molecule has 3 aromatic rings. The second-order valence-corrected chi connectivity index (χ2v) is 5.75. The van der Waals surface area contributed by atoms with Gasteiger partial charge in [0, 0.05) is 23.3 Å². The lowest BCUT2D eigenvalue weighted by atomic mass is 10.1. The summed E-state index contributed by atoms with van der Waals surface area (Å²) in [6.45, 7) is 0. The van der Waals surface area contributed by atoms with E-state index < -0.39 is 16.8 Å². The second-order valence-electron chi connectivity index (χ2n) is 4.72. The molecule has 9 heteroatoms. The van der Waals surface area contributed by atoms with E-state index in [1.54, 1.807) is 0 Å². The van der Waals surface area contributed by atoms with Crippen molar-refractivity contribution in [2.24, 2.45) is 0 Å². The van der Waals surface area contributed by atoms with Crippen molar-refractivity contribution in [2.45, 2.75) is 0 Å². The van der Waals surface area contributed by atoms with Crippen molar-refractivity contribution < 1.29 is 19.6 Å². The van der Waals surface area contributed by atoms with Crippen LogP contribution in [0.2, 0.25) is 0 Å². The highest BCUT2D eigenvalue weighted by Crippen LogP contribution is 2.29. The summed E-state index contributed by atoms with van der Waals surface area (Å²) in [7, 11) is 0. The lowest BCUT2D eigenvalue weighted by Crippen LogP contribution is -2.26. The first-order valence-electron chi connectivity index (χ1n) is 6.62. The summed E-state index contributed by atoms with van der Waals surface area (Å²) in [6.07, 6.45) is 0. The Morgan fingerprint density at radius 2 is 1.83 bits per heavy atom. The zero-order valence-corrected chi connectivity index (χ0v) is 12.7. The van der Waals surface area contributed by atoms with Gasteiger partial charge in [-0.2, -0.15) is 0 Å². The molecule has 0 saturated heterocycles. The minimum atomic E-state index is -1.46. The van der Waals surface area contributed by atoms with Crippen LogP contribution in [0.4, 0.5) is 10.8 Å². The molecule has 1 amide bonds. The fraction of sp³-hybridized carbons (Fsp3) is 0. The first kappa shape index (κ1) is 15.6. The number of nitro groups is 1. The van der Waals surface area contributed by atoms with E-state index >= 15 is 0 Å². The zero-order chi connectivity index (χ0) is 17.3. The average molecular weight is 342 g/mol. The van der Waals surface area contributed by atoms with Gasteiger partial charge in [0.1, 0.15) is 0 Å². The highest BCUT2D eigenvalue weighted by Gasteiger charge is 2.15. The molecule has 0 aliphatic rings. The van der Waals surface area contributed by atoms with Crippen LogP contribution >= 0.6 is 11.3 Å². The van der Waals surface area contributed by atoms with Crippen LogP contribution in [0.3, 0.4) is 0 Å². The predicted molar refractivity (Wildman–Crippen MR) is 85.0 cm³/mol. The molecular weight excluding hydrogens is 334 g/mol. The molecule has 1 heterocycles. The quantitative estimate of drug-likeness (QED) is 0.569. The maximum absolute atomic E-state index is 12.2. The van der Waals surface area contributed by atoms with Gasteiger partial charge >= 0.3 is 0 Å². The Morgan fingerprint density at radius 1 is 1.12 bits per heavy atom. The standard InChI is InChI=1S/C15H9N3O5S/c19-13(9-3-1-2-4-10(9)14(20)21)17-15-16-11-6-5-8(18(22)23)7-12(11)24-15/h1-7H,(H,20,21)(H,16,17,19)/p-1. The number of carboxylic acid groups (broad SMARTS) is 1. The SMILES string of the molecule is O=C([O-])c1ccccc1C(=O)Nc1nc2ccc([N+](=O)[O-])cc2s1. The minimum Gasteiger partial charge on any atom is -0.545 e. The van der Waals surface area contributed by atoms with Crippen LogP contribution in [0.25, 0.3) is 10.2 Å². The number of aromatic carboxylic acids is 1. The number of nitrogens with zero attached hydrogens (tertiary/aromatic N) is 2. The van der Waals surface area contributed by atoms with E-state index in [0.717, 1.165) is 11.3 Å². The first-order valence-corrected chi connectivity index (χ1v) is 7.44. The van der Waals surface area contributed by atoms with Crippen LogP contribution in [0.5, 0.6) is 0 Å². The van der Waals surface area contributed by atoms with Gasteiger partial charge in [-0.3, -0.25) is 20.2 Å². The van der Waals surface area contributed by atoms with Crippen LogP contribution in [0.1, 0.15) is 20.7 Å². The molecule has 0 saturated carbocycles. The molecular formula is C15H8N3O5S-. The second kappa shape index (κ2) is 6.05. The molecule has 3 rings (SSSR count). The molecule has 0 atom stereocenters. The number of carbonyl (C=O) groups is 2. The van der Waals surface area contributed by atoms with E-state index in [4.69, 9.17) is 0 Å². The van der Waals surface area contributed by atoms with Gasteiger partial charge in [0.05, 0.1) is 21.1 Å². The van der Waals surface area contributed by atoms with Crippen LogP contribution in [0.15, 0.2) is 42.5 Å². The summed E-state index contributed by atoms with van der Waals surface area (Å²) in [4.78, 5) is 37.7. The summed E-state index contributed by atoms with van der Waals surface area (Å²) in [5, 5.41) is 24.5. The van der Waals surface area contributed by atoms with Crippen LogP contribution < -0.4 is 10.4 Å². The van der Waals surface area contributed by atoms with Crippen molar-refractivity contribution in [3.8, 4) is 0 Å². The number of fused-ring (bicyclic) bond motifs is 1. The van der Waals surface area contributed by atoms with Crippen LogP contribution in [0, 0.1) is 10.1 Å². The number of thiazole rings is 1. The number of hydrogen-bond acceptors (Lipinski definition) is 7. The highest BCUT2D eigenvalue weighted by molar-refractivity contribution is 7.22. The average Bonchev–Trinajstić information content (AvgIpc) is 2.95. The van der Waals surface area contributed by atoms with Gasteiger partial charge in [0.2, 0.25) is 0 Å². The number of anilines is 1. The Balaban J connectivity index is 1.91. The fourth-order valence-electron chi connectivity index (χ4n) is 2.10. The molecule has 1 aromatic heterocycles. The molecule has 0 spiro atoms. The molecule has 0 aliphatic heterocycles. The van der Waals surface area contributed by atoms with Gasteiger partial charge in [0.15, 0.2) is 5.13 Å². The summed E-state index contributed by atoms with van der Waals surface area (Å²) in [6, 6.07) is 9.80. The maximum Gasteiger partial charge on any atom is 0.270 e. The van der Waals surface area contributed by atoms with Gasteiger partial charge in [0.25, 0.3) is 11.6 Å². The molecule has 8 nitrogen and oxygen atoms in total. The molecule has 0 aliphatic carbocycles. The molecule has 0 fully saturated rings. The molecule has 2 aromatic carbocycles. The van der Waals surface area contributed by atoms with E-state index in [1.165, 1.54) is 42.5 Å². The van der Waals surface area contributed by atoms with Crippen LogP contribution in [-0.2, 0) is 0 Å². The summed E-state index contributed by atoms with van der Waals surface area (Å²) >= 11 is 1.06. The van der Waals surface area contributed by atoms with Crippen molar-refractivity contribution in [3.63, 3.8) is 0 Å². The fourth-order valence-corrected chi connectivity index (χ4v) is 3.00. The van der Waals surface area contributed by atoms with Gasteiger partial charge in [-0.15, -0.1) is 0 Å². The zero-order valence-electron chi connectivity index (χ0n) is 11.9. The number of carboxylic acids is 1. The molecule has 0 unspecified atom stereocenters. The number of benzene rings is 2. The van der Waals surface area contributed by atoms with Crippen molar-refractivity contribution in [1.29, 1.82) is 0 Å². The van der Waals surface area contributed by atoms with Gasteiger partial charge in [-0.05, 0) is 12.1 Å². The van der Waals surface area contributed by atoms with E-state index in [-0.39, 0.29) is 21.9 Å². The summed E-state index contributed by atoms with van der Waals surface area (Å²) in [5.41, 5.74) is 0.134.